The Kier molecular flexibility index (Phi) is 7.25. The summed E-state index contributed by atoms with van der Waals surface area (Å²) in [5.74, 6) is -0.577. The van der Waals surface area contributed by atoms with E-state index in [-0.39, 0.29) is 12.3 Å². The van der Waals surface area contributed by atoms with Crippen LogP contribution in [0.15, 0.2) is 54.6 Å². The van der Waals surface area contributed by atoms with E-state index in [0.717, 1.165) is 45.2 Å². The maximum Gasteiger partial charge on any atom is 0.303 e. The summed E-state index contributed by atoms with van der Waals surface area (Å²) < 4.78 is 2.43. The summed E-state index contributed by atoms with van der Waals surface area (Å²) in [4.78, 5) is 25.5. The number of carboxylic acid groups (broad SMARTS) is 1. The van der Waals surface area contributed by atoms with E-state index in [9.17, 15) is 9.59 Å². The molecule has 0 saturated carbocycles. The van der Waals surface area contributed by atoms with Crippen molar-refractivity contribution >= 4 is 22.8 Å². The van der Waals surface area contributed by atoms with Gasteiger partial charge in [0.1, 0.15) is 0 Å². The first-order valence-corrected chi connectivity index (χ1v) is 11.8. The molecule has 168 valence electrons. The fourth-order valence-corrected chi connectivity index (χ4v) is 4.84. The van der Waals surface area contributed by atoms with Gasteiger partial charge in [-0.3, -0.25) is 9.59 Å². The van der Waals surface area contributed by atoms with E-state index in [0.29, 0.717) is 19.4 Å². The SMILES string of the molecule is O=C(O)CCCCCC(=O)N1CCc2c(n(CCCc3ccccc3)c3ccccc23)C1. The molecule has 32 heavy (non-hydrogen) atoms. The summed E-state index contributed by atoms with van der Waals surface area (Å²) in [6.07, 6.45) is 5.88. The number of rotatable bonds is 10. The number of aryl methyl sites for hydroxylation is 2. The van der Waals surface area contributed by atoms with Crippen LogP contribution in [0.4, 0.5) is 0 Å². The second-order valence-corrected chi connectivity index (χ2v) is 8.70. The maximum atomic E-state index is 12.8. The zero-order chi connectivity index (χ0) is 22.3. The molecule has 5 heteroatoms. The fraction of sp³-hybridized carbons (Fsp3) is 0.407. The van der Waals surface area contributed by atoms with E-state index in [2.05, 4.69) is 59.2 Å². The molecule has 2 aromatic carbocycles. The summed E-state index contributed by atoms with van der Waals surface area (Å²) >= 11 is 0. The van der Waals surface area contributed by atoms with E-state index in [1.807, 2.05) is 4.90 Å². The molecular weight excluding hydrogens is 400 g/mol. The standard InChI is InChI=1S/C27H32N2O3/c30-26(15-5-2-6-16-27(31)32)28-19-17-23-22-13-7-8-14-24(22)29(25(23)20-28)18-9-12-21-10-3-1-4-11-21/h1,3-4,7-8,10-11,13-14H,2,5-6,9,12,15-20H2,(H,31,32). The Morgan fingerprint density at radius 3 is 2.44 bits per heavy atom. The smallest absolute Gasteiger partial charge is 0.303 e. The van der Waals surface area contributed by atoms with Crippen LogP contribution in [0.2, 0.25) is 0 Å². The summed E-state index contributed by atoms with van der Waals surface area (Å²) in [6.45, 7) is 2.38. The number of carbonyl (C=O) groups excluding carboxylic acids is 1. The van der Waals surface area contributed by atoms with Gasteiger partial charge < -0.3 is 14.6 Å². The van der Waals surface area contributed by atoms with Crippen molar-refractivity contribution in [3.8, 4) is 0 Å². The largest absolute Gasteiger partial charge is 0.481 e. The highest BCUT2D eigenvalue weighted by Crippen LogP contribution is 2.31. The van der Waals surface area contributed by atoms with Gasteiger partial charge in [0.15, 0.2) is 0 Å². The number of carboxylic acids is 1. The van der Waals surface area contributed by atoms with Crippen molar-refractivity contribution < 1.29 is 14.7 Å². The summed E-state index contributed by atoms with van der Waals surface area (Å²) in [5.41, 5.74) is 5.31. The van der Waals surface area contributed by atoms with Crippen LogP contribution in [0, 0.1) is 0 Å². The monoisotopic (exact) mass is 432 g/mol. The van der Waals surface area contributed by atoms with Gasteiger partial charge in [0, 0.05) is 42.5 Å². The van der Waals surface area contributed by atoms with Crippen LogP contribution >= 0.6 is 0 Å². The number of nitrogens with zero attached hydrogens (tertiary/aromatic N) is 2. The van der Waals surface area contributed by atoms with Crippen LogP contribution in [-0.4, -0.2) is 33.0 Å². The second kappa shape index (κ2) is 10.5. The van der Waals surface area contributed by atoms with Gasteiger partial charge in [-0.05, 0) is 49.3 Å². The Bertz CT molecular complexity index is 1070. The predicted molar refractivity (Wildman–Crippen MR) is 127 cm³/mol. The van der Waals surface area contributed by atoms with Crippen LogP contribution in [0.3, 0.4) is 0 Å². The van der Waals surface area contributed by atoms with Crippen molar-refractivity contribution in [2.45, 2.75) is 64.5 Å². The lowest BCUT2D eigenvalue weighted by Gasteiger charge is -2.29. The third-order valence-electron chi connectivity index (χ3n) is 6.49. The molecule has 3 aromatic rings. The highest BCUT2D eigenvalue weighted by molar-refractivity contribution is 5.86. The van der Waals surface area contributed by atoms with Gasteiger partial charge >= 0.3 is 5.97 Å². The molecule has 0 radical (unpaired) electrons. The lowest BCUT2D eigenvalue weighted by Crippen LogP contribution is -2.36. The van der Waals surface area contributed by atoms with Gasteiger partial charge in [-0.25, -0.2) is 0 Å². The molecule has 1 aliphatic heterocycles. The van der Waals surface area contributed by atoms with Crippen LogP contribution < -0.4 is 0 Å². The summed E-state index contributed by atoms with van der Waals surface area (Å²) in [6, 6.07) is 19.2. The number of hydrogen-bond acceptors (Lipinski definition) is 2. The van der Waals surface area contributed by atoms with Gasteiger partial charge in [-0.2, -0.15) is 0 Å². The first-order chi connectivity index (χ1) is 15.6. The van der Waals surface area contributed by atoms with Gasteiger partial charge in [0.25, 0.3) is 0 Å². The van der Waals surface area contributed by atoms with Crippen molar-refractivity contribution in [2.75, 3.05) is 6.54 Å². The maximum absolute atomic E-state index is 12.8. The molecule has 1 aliphatic rings. The molecule has 0 fully saturated rings. The lowest BCUT2D eigenvalue weighted by atomic mass is 10.0. The zero-order valence-corrected chi connectivity index (χ0v) is 18.6. The highest BCUT2D eigenvalue weighted by atomic mass is 16.4. The molecule has 1 aromatic heterocycles. The van der Waals surface area contributed by atoms with Crippen molar-refractivity contribution in [2.24, 2.45) is 0 Å². The molecule has 0 saturated heterocycles. The molecule has 4 rings (SSSR count). The van der Waals surface area contributed by atoms with E-state index in [4.69, 9.17) is 5.11 Å². The molecule has 5 nitrogen and oxygen atoms in total. The predicted octanol–water partition coefficient (Wildman–Crippen LogP) is 5.19. The van der Waals surface area contributed by atoms with Crippen molar-refractivity contribution in [1.29, 1.82) is 0 Å². The van der Waals surface area contributed by atoms with Crippen molar-refractivity contribution in [3.63, 3.8) is 0 Å². The van der Waals surface area contributed by atoms with E-state index < -0.39 is 5.97 Å². The molecule has 0 aliphatic carbocycles. The minimum absolute atomic E-state index is 0.185. The third kappa shape index (κ3) is 5.21. The Balaban J connectivity index is 1.43. The summed E-state index contributed by atoms with van der Waals surface area (Å²) in [7, 11) is 0. The van der Waals surface area contributed by atoms with Crippen LogP contribution in [-0.2, 0) is 35.5 Å². The second-order valence-electron chi connectivity index (χ2n) is 8.70. The van der Waals surface area contributed by atoms with Gasteiger partial charge in [0.05, 0.1) is 6.54 Å². The quantitative estimate of drug-likeness (QED) is 0.448. The van der Waals surface area contributed by atoms with Gasteiger partial charge in [-0.1, -0.05) is 55.0 Å². The summed E-state index contributed by atoms with van der Waals surface area (Å²) in [5, 5.41) is 10.1. The molecule has 0 spiro atoms. The lowest BCUT2D eigenvalue weighted by molar-refractivity contribution is -0.137. The van der Waals surface area contributed by atoms with Crippen LogP contribution in [0.1, 0.15) is 55.3 Å². The molecule has 0 unspecified atom stereocenters. The molecule has 0 bridgehead atoms. The number of unbranched alkanes of at least 4 members (excludes halogenated alkanes) is 2. The van der Waals surface area contributed by atoms with E-state index in [1.165, 1.54) is 27.7 Å². The van der Waals surface area contributed by atoms with E-state index >= 15 is 0 Å². The topological polar surface area (TPSA) is 62.5 Å². The number of para-hydroxylation sites is 1. The van der Waals surface area contributed by atoms with Crippen LogP contribution in [0.5, 0.6) is 0 Å². The average Bonchev–Trinajstić information content (AvgIpc) is 3.12. The Morgan fingerprint density at radius 1 is 0.875 bits per heavy atom. The van der Waals surface area contributed by atoms with Gasteiger partial charge in [-0.15, -0.1) is 0 Å². The average molecular weight is 433 g/mol. The van der Waals surface area contributed by atoms with Crippen LogP contribution in [0.25, 0.3) is 10.9 Å². The molecular formula is C27H32N2O3. The normalized spacial score (nSPS) is 13.3. The molecule has 1 N–H and O–H groups in total. The first-order valence-electron chi connectivity index (χ1n) is 11.8. The van der Waals surface area contributed by atoms with Crippen molar-refractivity contribution in [1.82, 2.24) is 9.47 Å². The van der Waals surface area contributed by atoms with Crippen molar-refractivity contribution in [3.05, 3.63) is 71.4 Å². The minimum atomic E-state index is -0.764. The van der Waals surface area contributed by atoms with E-state index in [1.54, 1.807) is 0 Å². The minimum Gasteiger partial charge on any atom is -0.481 e. The third-order valence-corrected chi connectivity index (χ3v) is 6.49. The number of fused-ring (bicyclic) bond motifs is 3. The van der Waals surface area contributed by atoms with Gasteiger partial charge in [0.2, 0.25) is 5.91 Å². The molecule has 0 atom stereocenters. The first kappa shape index (κ1) is 22.1. The number of aliphatic carboxylic acids is 1. The highest BCUT2D eigenvalue weighted by Gasteiger charge is 2.26. The molecule has 2 heterocycles. The Morgan fingerprint density at radius 2 is 1.62 bits per heavy atom. The number of hydrogen-bond donors (Lipinski definition) is 1. The fourth-order valence-electron chi connectivity index (χ4n) is 4.84. The number of aromatic nitrogens is 1. The zero-order valence-electron chi connectivity index (χ0n) is 18.6. The number of benzene rings is 2. The molecule has 1 amide bonds. The Labute approximate surface area is 189 Å². The number of carbonyl (C=O) groups is 2. The Hall–Kier alpha value is -3.08. The number of amides is 1.